The van der Waals surface area contributed by atoms with Gasteiger partial charge in [0.1, 0.15) is 5.75 Å². The maximum absolute atomic E-state index is 12.6. The molecule has 1 heterocycles. The van der Waals surface area contributed by atoms with Crippen molar-refractivity contribution in [3.05, 3.63) is 51.8 Å². The van der Waals surface area contributed by atoms with Crippen molar-refractivity contribution >= 4 is 46.5 Å². The van der Waals surface area contributed by atoms with Crippen molar-refractivity contribution in [3.63, 3.8) is 0 Å². The molecule has 0 saturated heterocycles. The number of rotatable bonds is 14. The van der Waals surface area contributed by atoms with Crippen molar-refractivity contribution in [2.75, 3.05) is 13.7 Å². The fourth-order valence-corrected chi connectivity index (χ4v) is 4.57. The molecule has 0 saturated carbocycles. The van der Waals surface area contributed by atoms with Gasteiger partial charge in [-0.1, -0.05) is 23.2 Å². The molecule has 3 N–H and O–H groups in total. The number of esters is 1. The minimum Gasteiger partial charge on any atom is -0.469 e. The van der Waals surface area contributed by atoms with Gasteiger partial charge < -0.3 is 25.1 Å². The van der Waals surface area contributed by atoms with Crippen LogP contribution in [0.3, 0.4) is 0 Å². The molecule has 0 aliphatic carbocycles. The Labute approximate surface area is 223 Å². The quantitative estimate of drug-likeness (QED) is 0.134. The maximum atomic E-state index is 12.6. The topological polar surface area (TPSA) is 95.6 Å². The van der Waals surface area contributed by atoms with Gasteiger partial charge in [0.05, 0.1) is 17.7 Å². The summed E-state index contributed by atoms with van der Waals surface area (Å²) in [4.78, 5) is 22.3. The zero-order chi connectivity index (χ0) is 27.6. The summed E-state index contributed by atoms with van der Waals surface area (Å²) < 4.78 is 48.4. The van der Waals surface area contributed by atoms with Gasteiger partial charge in [-0.2, -0.15) is 0 Å². The van der Waals surface area contributed by atoms with Crippen molar-refractivity contribution in [2.24, 2.45) is 18.7 Å². The first-order chi connectivity index (χ1) is 17.5. The minimum absolute atomic E-state index is 0.000347. The molecule has 2 rings (SSSR count). The van der Waals surface area contributed by atoms with Crippen LogP contribution in [-0.4, -0.2) is 37.0 Å². The molecule has 1 aromatic heterocycles. The lowest BCUT2D eigenvalue weighted by Crippen LogP contribution is -2.18. The van der Waals surface area contributed by atoms with Crippen LogP contribution in [0.25, 0.3) is 10.9 Å². The van der Waals surface area contributed by atoms with E-state index in [1.54, 1.807) is 17.7 Å². The van der Waals surface area contributed by atoms with Crippen LogP contribution >= 0.6 is 23.2 Å². The molecule has 204 valence electrons. The number of nitrogens with one attached hydrogen (secondary N) is 1. The van der Waals surface area contributed by atoms with Gasteiger partial charge >= 0.3 is 12.3 Å². The Morgan fingerprint density at radius 1 is 1.24 bits per heavy atom. The highest BCUT2D eigenvalue weighted by molar-refractivity contribution is 6.35. The molecule has 0 aliphatic rings. The van der Waals surface area contributed by atoms with Crippen molar-refractivity contribution < 1.29 is 32.2 Å². The predicted octanol–water partition coefficient (Wildman–Crippen LogP) is 5.64. The number of nitrogens with zero attached hydrogens (tertiary/aromatic N) is 1. The van der Waals surface area contributed by atoms with Crippen molar-refractivity contribution in [1.29, 1.82) is 0 Å². The SMILES string of the molecule is COC(=O)CC(CCC/C(Cl)=C(Cc1cc2ccc(OC(F)(F)F)cc2n1C)\C(Cl)=C/N)CCNC=O. The molecule has 0 aliphatic heterocycles. The van der Waals surface area contributed by atoms with Crippen molar-refractivity contribution in [1.82, 2.24) is 9.88 Å². The average Bonchev–Trinajstić information content (AvgIpc) is 3.15. The summed E-state index contributed by atoms with van der Waals surface area (Å²) in [5.41, 5.74) is 7.57. The Morgan fingerprint density at radius 2 is 1.97 bits per heavy atom. The summed E-state index contributed by atoms with van der Waals surface area (Å²) in [6.45, 7) is 0.443. The van der Waals surface area contributed by atoms with E-state index in [1.165, 1.54) is 25.4 Å². The summed E-state index contributed by atoms with van der Waals surface area (Å²) in [7, 11) is 3.05. The summed E-state index contributed by atoms with van der Waals surface area (Å²) in [5.74, 6) is -0.641. The van der Waals surface area contributed by atoms with E-state index in [0.717, 1.165) is 11.1 Å². The third-order valence-electron chi connectivity index (χ3n) is 5.94. The van der Waals surface area contributed by atoms with Crippen LogP contribution < -0.4 is 15.8 Å². The highest BCUT2D eigenvalue weighted by Gasteiger charge is 2.31. The summed E-state index contributed by atoms with van der Waals surface area (Å²) in [6.07, 6.45) is -0.0282. The van der Waals surface area contributed by atoms with Crippen LogP contribution in [0, 0.1) is 5.92 Å². The van der Waals surface area contributed by atoms with E-state index in [-0.39, 0.29) is 29.1 Å². The number of benzene rings is 1. The molecule has 1 unspecified atom stereocenters. The van der Waals surface area contributed by atoms with Gasteiger partial charge in [0.25, 0.3) is 0 Å². The van der Waals surface area contributed by atoms with Gasteiger partial charge in [-0.05, 0) is 55.4 Å². The van der Waals surface area contributed by atoms with Gasteiger partial charge in [0, 0.05) is 54.8 Å². The van der Waals surface area contributed by atoms with E-state index in [1.807, 2.05) is 6.07 Å². The van der Waals surface area contributed by atoms with Crippen molar-refractivity contribution in [2.45, 2.75) is 44.9 Å². The largest absolute Gasteiger partial charge is 0.573 e. The van der Waals surface area contributed by atoms with Crippen LogP contribution in [0.1, 0.15) is 37.8 Å². The average molecular weight is 564 g/mol. The first-order valence-electron chi connectivity index (χ1n) is 11.5. The molecule has 0 radical (unpaired) electrons. The number of fused-ring (bicyclic) bond motifs is 1. The van der Waals surface area contributed by atoms with E-state index < -0.39 is 6.36 Å². The van der Waals surface area contributed by atoms with E-state index in [2.05, 4.69) is 10.1 Å². The molecule has 1 aromatic carbocycles. The maximum Gasteiger partial charge on any atom is 0.573 e. The number of aryl methyl sites for hydroxylation is 1. The van der Waals surface area contributed by atoms with Crippen LogP contribution in [0.15, 0.2) is 46.1 Å². The Kier molecular flexibility index (Phi) is 11.6. The number of hydrogen-bond donors (Lipinski definition) is 2. The monoisotopic (exact) mass is 563 g/mol. The first-order valence-corrected chi connectivity index (χ1v) is 12.3. The number of allylic oxidation sites excluding steroid dienone is 3. The second-order valence-electron chi connectivity index (χ2n) is 8.44. The van der Waals surface area contributed by atoms with Crippen LogP contribution in [0.5, 0.6) is 5.75 Å². The van der Waals surface area contributed by atoms with E-state index in [4.69, 9.17) is 33.7 Å². The number of carbonyl (C=O) groups is 2. The second kappa shape index (κ2) is 14.2. The summed E-state index contributed by atoms with van der Waals surface area (Å²) in [5, 5.41) is 4.07. The van der Waals surface area contributed by atoms with Gasteiger partial charge in [0.15, 0.2) is 0 Å². The summed E-state index contributed by atoms with van der Waals surface area (Å²) in [6, 6.07) is 5.96. The lowest BCUT2D eigenvalue weighted by molar-refractivity contribution is -0.274. The fourth-order valence-electron chi connectivity index (χ4n) is 4.04. The number of aromatic nitrogens is 1. The highest BCUT2D eigenvalue weighted by Crippen LogP contribution is 2.32. The first kappa shape index (κ1) is 30.4. The number of amides is 1. The summed E-state index contributed by atoms with van der Waals surface area (Å²) >= 11 is 13.0. The second-order valence-corrected chi connectivity index (χ2v) is 9.30. The predicted molar refractivity (Wildman–Crippen MR) is 137 cm³/mol. The van der Waals surface area contributed by atoms with E-state index in [9.17, 15) is 22.8 Å². The number of carbonyl (C=O) groups excluding carboxylic acids is 2. The molecule has 0 spiro atoms. The van der Waals surface area contributed by atoms with Gasteiger partial charge in [-0.3, -0.25) is 9.59 Å². The number of methoxy groups -OCH3 is 1. The molecule has 1 atom stereocenters. The normalized spacial score (nSPS) is 13.8. The Balaban J connectivity index is 2.20. The van der Waals surface area contributed by atoms with E-state index >= 15 is 0 Å². The van der Waals surface area contributed by atoms with Crippen LogP contribution in [-0.2, 0) is 27.8 Å². The Morgan fingerprint density at radius 3 is 2.59 bits per heavy atom. The lowest BCUT2D eigenvalue weighted by atomic mass is 9.94. The number of hydrogen-bond acceptors (Lipinski definition) is 5. The van der Waals surface area contributed by atoms with Crippen LogP contribution in [0.2, 0.25) is 0 Å². The number of alkyl halides is 3. The molecule has 12 heteroatoms. The minimum atomic E-state index is -4.79. The molecule has 0 bridgehead atoms. The number of halogens is 5. The highest BCUT2D eigenvalue weighted by atomic mass is 35.5. The third kappa shape index (κ3) is 9.51. The van der Waals surface area contributed by atoms with Gasteiger partial charge in [-0.15, -0.1) is 13.2 Å². The third-order valence-corrected chi connectivity index (χ3v) is 6.71. The zero-order valence-electron chi connectivity index (χ0n) is 20.5. The molecule has 1 amide bonds. The molecular weight excluding hydrogens is 534 g/mol. The molecule has 2 aromatic rings. The van der Waals surface area contributed by atoms with Gasteiger partial charge in [-0.25, -0.2) is 0 Å². The smallest absolute Gasteiger partial charge is 0.469 e. The van der Waals surface area contributed by atoms with Crippen LogP contribution in [0.4, 0.5) is 13.2 Å². The Bertz CT molecular complexity index is 1150. The van der Waals surface area contributed by atoms with Crippen molar-refractivity contribution in [3.8, 4) is 5.75 Å². The van der Waals surface area contributed by atoms with Gasteiger partial charge in [0.2, 0.25) is 6.41 Å². The molecule has 37 heavy (non-hydrogen) atoms. The Hall–Kier alpha value is -2.85. The van der Waals surface area contributed by atoms with E-state index in [0.29, 0.717) is 61.2 Å². The standard InChI is InChI=1S/C25H30Cl2F3N3O4/c1-33-18(11-17-6-7-19(13-23(17)33)37-25(28,29)30)12-20(22(27)14-31)21(26)5-3-4-16(8-9-32-15-34)10-24(35)36-2/h6-7,11,13-16H,3-5,8-10,12,31H2,1-2H3,(H,32,34)/b21-20+,22-14+. The molecule has 0 fully saturated rings. The molecular formula is C25H30Cl2F3N3O4. The molecule has 7 nitrogen and oxygen atoms in total. The fraction of sp³-hybridized carbons (Fsp3) is 0.440. The number of nitrogens with two attached hydrogens (primary N) is 1. The lowest BCUT2D eigenvalue weighted by Gasteiger charge is -2.16. The zero-order valence-corrected chi connectivity index (χ0v) is 22.1. The number of ether oxygens (including phenoxy) is 2.